The first-order chi connectivity index (χ1) is 9.78. The van der Waals surface area contributed by atoms with Gasteiger partial charge in [-0.2, -0.15) is 13.2 Å². The molecule has 1 N–H and O–H groups in total. The van der Waals surface area contributed by atoms with Crippen LogP contribution in [0.4, 0.5) is 13.2 Å². The van der Waals surface area contributed by atoms with Gasteiger partial charge in [0.1, 0.15) is 0 Å². The van der Waals surface area contributed by atoms with Crippen molar-refractivity contribution < 1.29 is 21.6 Å². The van der Waals surface area contributed by atoms with Crippen molar-refractivity contribution in [3.8, 4) is 0 Å². The molecule has 0 spiro atoms. The van der Waals surface area contributed by atoms with Gasteiger partial charge in [-0.3, -0.25) is 0 Å². The summed E-state index contributed by atoms with van der Waals surface area (Å²) in [6, 6.07) is 4.14. The molecular weight excluding hydrogens is 303 g/mol. The Morgan fingerprint density at radius 1 is 1.24 bits per heavy atom. The van der Waals surface area contributed by atoms with E-state index in [1.807, 2.05) is 6.92 Å². The Labute approximate surface area is 122 Å². The third kappa shape index (κ3) is 3.23. The van der Waals surface area contributed by atoms with Crippen LogP contribution < -0.4 is 5.32 Å². The molecule has 0 saturated heterocycles. The number of alkyl halides is 3. The van der Waals surface area contributed by atoms with Gasteiger partial charge in [0.25, 0.3) is 0 Å². The molecule has 0 bridgehead atoms. The van der Waals surface area contributed by atoms with E-state index in [2.05, 4.69) is 5.32 Å². The molecular formula is C14H18F3NO2S. The molecule has 1 fully saturated rings. The van der Waals surface area contributed by atoms with E-state index in [4.69, 9.17) is 0 Å². The smallest absolute Gasteiger partial charge is 0.313 e. The summed E-state index contributed by atoms with van der Waals surface area (Å²) in [6.07, 6.45) is -2.90. The van der Waals surface area contributed by atoms with Gasteiger partial charge in [-0.15, -0.1) is 0 Å². The number of benzene rings is 1. The van der Waals surface area contributed by atoms with Gasteiger partial charge in [0.15, 0.2) is 9.84 Å². The van der Waals surface area contributed by atoms with Crippen molar-refractivity contribution in [2.75, 3.05) is 6.54 Å². The second-order valence-electron chi connectivity index (χ2n) is 5.17. The van der Waals surface area contributed by atoms with Crippen LogP contribution in [0.15, 0.2) is 29.2 Å². The van der Waals surface area contributed by atoms with Crippen LogP contribution in [0.5, 0.6) is 0 Å². The summed E-state index contributed by atoms with van der Waals surface area (Å²) in [5.74, 6) is 0. The molecule has 1 aromatic carbocycles. The van der Waals surface area contributed by atoms with Crippen LogP contribution in [0.2, 0.25) is 0 Å². The first-order valence-corrected chi connectivity index (χ1v) is 8.46. The second kappa shape index (κ2) is 5.96. The number of sulfone groups is 1. The number of hydrogen-bond acceptors (Lipinski definition) is 3. The van der Waals surface area contributed by atoms with Gasteiger partial charge >= 0.3 is 6.18 Å². The molecule has 1 aliphatic rings. The summed E-state index contributed by atoms with van der Waals surface area (Å²) in [5.41, 5.74) is -1.08. The molecule has 3 nitrogen and oxygen atoms in total. The Morgan fingerprint density at radius 2 is 1.90 bits per heavy atom. The van der Waals surface area contributed by atoms with Crippen LogP contribution in [0.3, 0.4) is 0 Å². The van der Waals surface area contributed by atoms with Gasteiger partial charge in [-0.25, -0.2) is 8.42 Å². The normalized spacial score (nSPS) is 23.4. The molecule has 0 heterocycles. The average molecular weight is 321 g/mol. The van der Waals surface area contributed by atoms with Crippen molar-refractivity contribution in [1.29, 1.82) is 0 Å². The third-order valence-electron chi connectivity index (χ3n) is 3.82. The number of halogens is 3. The van der Waals surface area contributed by atoms with Crippen molar-refractivity contribution in [3.63, 3.8) is 0 Å². The van der Waals surface area contributed by atoms with Gasteiger partial charge in [-0.05, 0) is 31.5 Å². The van der Waals surface area contributed by atoms with E-state index in [0.29, 0.717) is 25.8 Å². The van der Waals surface area contributed by atoms with E-state index in [-0.39, 0.29) is 6.04 Å². The molecule has 1 aromatic rings. The zero-order valence-corrected chi connectivity index (χ0v) is 12.5. The summed E-state index contributed by atoms with van der Waals surface area (Å²) >= 11 is 0. The van der Waals surface area contributed by atoms with E-state index in [9.17, 15) is 21.6 Å². The second-order valence-corrected chi connectivity index (χ2v) is 7.31. The quantitative estimate of drug-likeness (QED) is 0.927. The Bertz CT molecular complexity index is 598. The van der Waals surface area contributed by atoms with Crippen molar-refractivity contribution >= 4 is 9.84 Å². The van der Waals surface area contributed by atoms with Crippen LogP contribution in [0.1, 0.15) is 31.7 Å². The maximum absolute atomic E-state index is 13.0. The lowest BCUT2D eigenvalue weighted by Gasteiger charge is -2.22. The molecule has 0 aliphatic heterocycles. The van der Waals surface area contributed by atoms with Crippen molar-refractivity contribution in [2.24, 2.45) is 0 Å². The van der Waals surface area contributed by atoms with Gasteiger partial charge in [0.2, 0.25) is 0 Å². The lowest BCUT2D eigenvalue weighted by Crippen LogP contribution is -2.40. The van der Waals surface area contributed by atoms with E-state index in [1.54, 1.807) is 0 Å². The van der Waals surface area contributed by atoms with Crippen molar-refractivity contribution in [2.45, 2.75) is 48.5 Å². The SMILES string of the molecule is CCNC1CCCC1S(=O)(=O)c1ccccc1C(F)(F)F. The fourth-order valence-electron chi connectivity index (χ4n) is 2.91. The molecule has 0 radical (unpaired) electrons. The molecule has 118 valence electrons. The fourth-order valence-corrected chi connectivity index (χ4v) is 5.13. The van der Waals surface area contributed by atoms with Gasteiger partial charge < -0.3 is 5.32 Å². The molecule has 0 aromatic heterocycles. The third-order valence-corrected chi connectivity index (χ3v) is 6.15. The molecule has 21 heavy (non-hydrogen) atoms. The highest BCUT2D eigenvalue weighted by molar-refractivity contribution is 7.92. The summed E-state index contributed by atoms with van der Waals surface area (Å²) in [6.45, 7) is 2.45. The molecule has 1 saturated carbocycles. The monoisotopic (exact) mass is 321 g/mol. The van der Waals surface area contributed by atoms with Crippen LogP contribution in [0.25, 0.3) is 0 Å². The topological polar surface area (TPSA) is 46.2 Å². The maximum Gasteiger partial charge on any atom is 0.417 e. The zero-order chi connectivity index (χ0) is 15.7. The molecule has 2 rings (SSSR count). The summed E-state index contributed by atoms with van der Waals surface area (Å²) in [7, 11) is -4.01. The highest BCUT2D eigenvalue weighted by atomic mass is 32.2. The van der Waals surface area contributed by atoms with E-state index >= 15 is 0 Å². The molecule has 0 amide bonds. The van der Waals surface area contributed by atoms with Crippen molar-refractivity contribution in [1.82, 2.24) is 5.32 Å². The Kier molecular flexibility index (Phi) is 4.63. The largest absolute Gasteiger partial charge is 0.417 e. The molecule has 1 aliphatic carbocycles. The Balaban J connectivity index is 2.45. The van der Waals surface area contributed by atoms with Gasteiger partial charge in [-0.1, -0.05) is 25.5 Å². The summed E-state index contributed by atoms with van der Waals surface area (Å²) in [4.78, 5) is -0.604. The summed E-state index contributed by atoms with van der Waals surface area (Å²) < 4.78 is 64.4. The first-order valence-electron chi connectivity index (χ1n) is 6.92. The lowest BCUT2D eigenvalue weighted by atomic mass is 10.2. The lowest BCUT2D eigenvalue weighted by molar-refractivity contribution is -0.139. The van der Waals surface area contributed by atoms with Crippen molar-refractivity contribution in [3.05, 3.63) is 29.8 Å². The number of rotatable bonds is 4. The Hall–Kier alpha value is -1.08. The molecule has 2 atom stereocenters. The molecule has 7 heteroatoms. The van der Waals surface area contributed by atoms with Crippen LogP contribution >= 0.6 is 0 Å². The van der Waals surface area contributed by atoms with E-state index in [1.165, 1.54) is 12.1 Å². The van der Waals surface area contributed by atoms with E-state index in [0.717, 1.165) is 12.1 Å². The van der Waals surface area contributed by atoms with Crippen LogP contribution in [-0.4, -0.2) is 26.3 Å². The predicted molar refractivity (Wildman–Crippen MR) is 73.7 cm³/mol. The fraction of sp³-hybridized carbons (Fsp3) is 0.571. The van der Waals surface area contributed by atoms with Crippen LogP contribution in [-0.2, 0) is 16.0 Å². The minimum Gasteiger partial charge on any atom is -0.313 e. The minimum atomic E-state index is -4.67. The van der Waals surface area contributed by atoms with Crippen LogP contribution in [0, 0.1) is 0 Å². The van der Waals surface area contributed by atoms with Gasteiger partial charge in [0, 0.05) is 6.04 Å². The highest BCUT2D eigenvalue weighted by Gasteiger charge is 2.43. The Morgan fingerprint density at radius 3 is 2.52 bits per heavy atom. The maximum atomic E-state index is 13.0. The molecule has 2 unspecified atom stereocenters. The minimum absolute atomic E-state index is 0.277. The standard InChI is InChI=1S/C14H18F3NO2S/c1-2-18-11-7-5-9-13(11)21(19,20)12-8-4-3-6-10(12)14(15,16)17/h3-4,6,8,11,13,18H,2,5,7,9H2,1H3. The average Bonchev–Trinajstić information content (AvgIpc) is 2.87. The zero-order valence-electron chi connectivity index (χ0n) is 11.7. The predicted octanol–water partition coefficient (Wildman–Crippen LogP) is 3.01. The van der Waals surface area contributed by atoms with Gasteiger partial charge in [0.05, 0.1) is 15.7 Å². The number of nitrogens with one attached hydrogen (secondary N) is 1. The van der Waals surface area contributed by atoms with E-state index < -0.39 is 31.7 Å². The summed E-state index contributed by atoms with van der Waals surface area (Å²) in [5, 5.41) is 2.28. The first kappa shape index (κ1) is 16.3. The highest BCUT2D eigenvalue weighted by Crippen LogP contribution is 2.38. The number of hydrogen-bond donors (Lipinski definition) is 1.